The first-order valence-corrected chi connectivity index (χ1v) is 7.42. The highest BCUT2D eigenvalue weighted by Crippen LogP contribution is 2.29. The Morgan fingerprint density at radius 1 is 1.38 bits per heavy atom. The van der Waals surface area contributed by atoms with Gasteiger partial charge >= 0.3 is 0 Å². The standard InChI is InChI=1S/C15H21N3O3/c1-2-16-15(19)12-7-8-13(14(9-12)18(20)21)17-10-11-5-3-4-6-11/h7-9,11,17H,2-6,10H2,1H3,(H,16,19). The number of hydrogen-bond donors (Lipinski definition) is 2. The Labute approximate surface area is 124 Å². The summed E-state index contributed by atoms with van der Waals surface area (Å²) in [4.78, 5) is 22.5. The molecule has 1 aromatic rings. The third-order valence-corrected chi connectivity index (χ3v) is 3.85. The number of anilines is 1. The monoisotopic (exact) mass is 291 g/mol. The number of nitrogens with one attached hydrogen (secondary N) is 2. The van der Waals surface area contributed by atoms with Crippen LogP contribution in [0.4, 0.5) is 11.4 Å². The van der Waals surface area contributed by atoms with E-state index in [2.05, 4.69) is 10.6 Å². The lowest BCUT2D eigenvalue weighted by molar-refractivity contribution is -0.384. The van der Waals surface area contributed by atoms with E-state index in [1.807, 2.05) is 6.92 Å². The summed E-state index contributed by atoms with van der Waals surface area (Å²) in [6.45, 7) is 3.06. The van der Waals surface area contributed by atoms with E-state index in [-0.39, 0.29) is 11.6 Å². The molecule has 2 N–H and O–H groups in total. The van der Waals surface area contributed by atoms with Gasteiger partial charge in [0.25, 0.3) is 11.6 Å². The van der Waals surface area contributed by atoms with E-state index < -0.39 is 4.92 Å². The molecule has 1 aliphatic carbocycles. The first-order valence-electron chi connectivity index (χ1n) is 7.42. The fourth-order valence-electron chi connectivity index (χ4n) is 2.70. The van der Waals surface area contributed by atoms with E-state index in [1.54, 1.807) is 12.1 Å². The lowest BCUT2D eigenvalue weighted by atomic mass is 10.1. The van der Waals surface area contributed by atoms with E-state index in [0.717, 1.165) is 6.54 Å². The molecule has 1 amide bonds. The average Bonchev–Trinajstić information content (AvgIpc) is 2.98. The quantitative estimate of drug-likeness (QED) is 0.623. The van der Waals surface area contributed by atoms with Gasteiger partial charge in [0, 0.05) is 24.7 Å². The van der Waals surface area contributed by atoms with Crippen LogP contribution in [0.25, 0.3) is 0 Å². The summed E-state index contributed by atoms with van der Waals surface area (Å²) in [5, 5.41) is 17.0. The molecule has 0 saturated heterocycles. The molecule has 0 aliphatic heterocycles. The van der Waals surface area contributed by atoms with Crippen molar-refractivity contribution in [3.05, 3.63) is 33.9 Å². The topological polar surface area (TPSA) is 84.3 Å². The number of benzene rings is 1. The Hall–Kier alpha value is -2.11. The van der Waals surface area contributed by atoms with Gasteiger partial charge in [-0.2, -0.15) is 0 Å². The largest absolute Gasteiger partial charge is 0.379 e. The van der Waals surface area contributed by atoms with Crippen molar-refractivity contribution in [2.24, 2.45) is 5.92 Å². The van der Waals surface area contributed by atoms with Gasteiger partial charge in [0.2, 0.25) is 0 Å². The molecule has 2 rings (SSSR count). The van der Waals surface area contributed by atoms with Crippen molar-refractivity contribution in [3.8, 4) is 0 Å². The molecule has 21 heavy (non-hydrogen) atoms. The van der Waals surface area contributed by atoms with E-state index in [0.29, 0.717) is 23.7 Å². The molecule has 6 nitrogen and oxygen atoms in total. The van der Waals surface area contributed by atoms with Crippen molar-refractivity contribution in [2.45, 2.75) is 32.6 Å². The Balaban J connectivity index is 2.12. The zero-order valence-corrected chi connectivity index (χ0v) is 12.2. The highest BCUT2D eigenvalue weighted by Gasteiger charge is 2.19. The summed E-state index contributed by atoms with van der Waals surface area (Å²) in [6, 6.07) is 4.58. The van der Waals surface area contributed by atoms with Crippen LogP contribution in [0.2, 0.25) is 0 Å². The maximum absolute atomic E-state index is 11.7. The normalized spacial score (nSPS) is 14.9. The predicted octanol–water partition coefficient (Wildman–Crippen LogP) is 2.95. The Bertz CT molecular complexity index is 525. The molecular weight excluding hydrogens is 270 g/mol. The second-order valence-electron chi connectivity index (χ2n) is 5.38. The molecule has 0 radical (unpaired) electrons. The fraction of sp³-hybridized carbons (Fsp3) is 0.533. The van der Waals surface area contributed by atoms with Crippen molar-refractivity contribution in [2.75, 3.05) is 18.4 Å². The fourth-order valence-corrected chi connectivity index (χ4v) is 2.70. The van der Waals surface area contributed by atoms with Gasteiger partial charge in [-0.25, -0.2) is 0 Å². The molecule has 1 fully saturated rings. The maximum Gasteiger partial charge on any atom is 0.293 e. The molecule has 6 heteroatoms. The second kappa shape index (κ2) is 7.06. The van der Waals surface area contributed by atoms with Gasteiger partial charge in [-0.15, -0.1) is 0 Å². The third kappa shape index (κ3) is 3.93. The SMILES string of the molecule is CCNC(=O)c1ccc(NCC2CCCC2)c([N+](=O)[O-])c1. The van der Waals surface area contributed by atoms with E-state index in [4.69, 9.17) is 0 Å². The minimum Gasteiger partial charge on any atom is -0.379 e. The number of rotatable bonds is 6. The molecule has 0 bridgehead atoms. The van der Waals surface area contributed by atoms with Gasteiger partial charge in [0.05, 0.1) is 4.92 Å². The van der Waals surface area contributed by atoms with E-state index >= 15 is 0 Å². The number of amides is 1. The van der Waals surface area contributed by atoms with Crippen LogP contribution in [0.15, 0.2) is 18.2 Å². The van der Waals surface area contributed by atoms with Crippen LogP contribution in [0.5, 0.6) is 0 Å². The van der Waals surface area contributed by atoms with Gasteiger partial charge in [0.1, 0.15) is 5.69 Å². The molecule has 0 unspecified atom stereocenters. The molecular formula is C15H21N3O3. The van der Waals surface area contributed by atoms with E-state index in [9.17, 15) is 14.9 Å². The number of nitrogens with zero attached hydrogens (tertiary/aromatic N) is 1. The number of nitro benzene ring substituents is 1. The van der Waals surface area contributed by atoms with Crippen LogP contribution >= 0.6 is 0 Å². The number of carbonyl (C=O) groups excluding carboxylic acids is 1. The lowest BCUT2D eigenvalue weighted by Gasteiger charge is -2.12. The molecule has 1 saturated carbocycles. The molecule has 1 aliphatic rings. The summed E-state index contributed by atoms with van der Waals surface area (Å²) >= 11 is 0. The van der Waals surface area contributed by atoms with Gasteiger partial charge in [-0.05, 0) is 37.8 Å². The summed E-state index contributed by atoms with van der Waals surface area (Å²) in [6.07, 6.45) is 4.84. The summed E-state index contributed by atoms with van der Waals surface area (Å²) < 4.78 is 0. The predicted molar refractivity (Wildman–Crippen MR) is 81.6 cm³/mol. The summed E-state index contributed by atoms with van der Waals surface area (Å²) in [5.41, 5.74) is 0.756. The molecule has 0 spiro atoms. The van der Waals surface area contributed by atoms with Crippen molar-refractivity contribution in [1.29, 1.82) is 0 Å². The van der Waals surface area contributed by atoms with Crippen LogP contribution in [-0.4, -0.2) is 23.9 Å². The van der Waals surface area contributed by atoms with Crippen molar-refractivity contribution < 1.29 is 9.72 Å². The summed E-state index contributed by atoms with van der Waals surface area (Å²) in [7, 11) is 0. The van der Waals surface area contributed by atoms with Crippen LogP contribution in [0.1, 0.15) is 43.0 Å². The minimum absolute atomic E-state index is 0.0447. The molecule has 1 aromatic carbocycles. The number of nitro groups is 1. The zero-order chi connectivity index (χ0) is 15.2. The number of carbonyl (C=O) groups is 1. The Morgan fingerprint density at radius 2 is 2.10 bits per heavy atom. The Kier molecular flexibility index (Phi) is 5.14. The lowest BCUT2D eigenvalue weighted by Crippen LogP contribution is -2.22. The van der Waals surface area contributed by atoms with Gasteiger partial charge in [-0.1, -0.05) is 12.8 Å². The minimum atomic E-state index is -0.445. The second-order valence-corrected chi connectivity index (χ2v) is 5.38. The zero-order valence-electron chi connectivity index (χ0n) is 12.2. The highest BCUT2D eigenvalue weighted by atomic mass is 16.6. The smallest absolute Gasteiger partial charge is 0.293 e. The van der Waals surface area contributed by atoms with Crippen molar-refractivity contribution in [1.82, 2.24) is 5.32 Å². The van der Waals surface area contributed by atoms with Crippen LogP contribution in [0, 0.1) is 16.0 Å². The maximum atomic E-state index is 11.7. The van der Waals surface area contributed by atoms with Crippen molar-refractivity contribution in [3.63, 3.8) is 0 Å². The molecule has 0 heterocycles. The summed E-state index contributed by atoms with van der Waals surface area (Å²) in [5.74, 6) is 0.301. The van der Waals surface area contributed by atoms with Crippen LogP contribution in [-0.2, 0) is 0 Å². The van der Waals surface area contributed by atoms with Crippen LogP contribution in [0.3, 0.4) is 0 Å². The number of hydrogen-bond acceptors (Lipinski definition) is 4. The van der Waals surface area contributed by atoms with Gasteiger partial charge in [-0.3, -0.25) is 14.9 Å². The third-order valence-electron chi connectivity index (χ3n) is 3.85. The average molecular weight is 291 g/mol. The van der Waals surface area contributed by atoms with Gasteiger partial charge < -0.3 is 10.6 Å². The van der Waals surface area contributed by atoms with E-state index in [1.165, 1.54) is 31.7 Å². The van der Waals surface area contributed by atoms with Crippen LogP contribution < -0.4 is 10.6 Å². The van der Waals surface area contributed by atoms with Gasteiger partial charge in [0.15, 0.2) is 0 Å². The first-order chi connectivity index (χ1) is 10.1. The highest BCUT2D eigenvalue weighted by molar-refractivity contribution is 5.95. The first kappa shape index (κ1) is 15.3. The molecule has 114 valence electrons. The molecule has 0 aromatic heterocycles. The van der Waals surface area contributed by atoms with Crippen molar-refractivity contribution >= 4 is 17.3 Å². The molecule has 0 atom stereocenters. The Morgan fingerprint density at radius 3 is 2.71 bits per heavy atom.